The van der Waals surface area contributed by atoms with E-state index >= 15 is 0 Å². The summed E-state index contributed by atoms with van der Waals surface area (Å²) in [5.74, 6) is 0. The molecule has 0 aromatic carbocycles. The fourth-order valence-corrected chi connectivity index (χ4v) is 3.38. The molecule has 0 rings (SSSR count). The molecule has 0 aromatic rings. The van der Waals surface area contributed by atoms with Crippen molar-refractivity contribution in [3.05, 3.63) is 0 Å². The summed E-state index contributed by atoms with van der Waals surface area (Å²) in [6.45, 7) is 23.7. The molecule has 0 heterocycles. The molecule has 0 heteroatoms. The molecule has 0 saturated carbocycles. The van der Waals surface area contributed by atoms with Gasteiger partial charge in [0.25, 0.3) is 0 Å². The molecule has 0 fully saturated rings. The molecule has 14 heavy (non-hydrogen) atoms. The van der Waals surface area contributed by atoms with Gasteiger partial charge < -0.3 is 0 Å². The summed E-state index contributed by atoms with van der Waals surface area (Å²) in [5, 5.41) is 0. The maximum absolute atomic E-state index is 2.44. The Kier molecular flexibility index (Phi) is 3.25. The monoisotopic (exact) mass is 198 g/mol. The quantitative estimate of drug-likeness (QED) is 0.506. The van der Waals surface area contributed by atoms with E-state index < -0.39 is 0 Å². The van der Waals surface area contributed by atoms with Crippen LogP contribution in [0.5, 0.6) is 0 Å². The minimum Gasteiger partial charge on any atom is -0.0596 e. The van der Waals surface area contributed by atoms with Crippen molar-refractivity contribution in [1.29, 1.82) is 0 Å². The molecule has 0 unspecified atom stereocenters. The Morgan fingerprint density at radius 1 is 0.357 bits per heavy atom. The fourth-order valence-electron chi connectivity index (χ4n) is 3.38. The third-order valence-corrected chi connectivity index (χ3v) is 4.50. The van der Waals surface area contributed by atoms with Crippen molar-refractivity contribution in [2.45, 2.75) is 69.2 Å². The van der Waals surface area contributed by atoms with Crippen molar-refractivity contribution in [2.24, 2.45) is 21.7 Å². The van der Waals surface area contributed by atoms with Gasteiger partial charge in [-0.1, -0.05) is 69.2 Å². The summed E-state index contributed by atoms with van der Waals surface area (Å²) in [4.78, 5) is 0. The third kappa shape index (κ3) is 1.99. The average molecular weight is 198 g/mol. The van der Waals surface area contributed by atoms with Gasteiger partial charge in [-0.2, -0.15) is 0 Å². The SMILES string of the molecule is CC(C)(C)C(C)(C(C)(C)C)C(C)(C)C. The molecule has 0 amide bonds. The van der Waals surface area contributed by atoms with Gasteiger partial charge in [0.2, 0.25) is 0 Å². The van der Waals surface area contributed by atoms with Gasteiger partial charge in [-0.15, -0.1) is 0 Å². The average Bonchev–Trinajstić information content (AvgIpc) is 1.77. The molecule has 0 atom stereocenters. The first-order chi connectivity index (χ1) is 5.75. The summed E-state index contributed by atoms with van der Waals surface area (Å²) in [7, 11) is 0. The van der Waals surface area contributed by atoms with Crippen LogP contribution in [0.2, 0.25) is 0 Å². The lowest BCUT2D eigenvalue weighted by Crippen LogP contribution is -2.52. The molecule has 0 bridgehead atoms. The Bertz CT molecular complexity index is 154. The molecule has 0 aliphatic carbocycles. The molecule has 0 spiro atoms. The molecule has 0 nitrogen and oxygen atoms in total. The van der Waals surface area contributed by atoms with Gasteiger partial charge in [-0.05, 0) is 21.7 Å². The van der Waals surface area contributed by atoms with Crippen LogP contribution < -0.4 is 0 Å². The lowest BCUT2D eigenvalue weighted by molar-refractivity contribution is -0.105. The zero-order valence-corrected chi connectivity index (χ0v) is 12.0. The first-order valence-electron chi connectivity index (χ1n) is 5.75. The van der Waals surface area contributed by atoms with E-state index in [1.807, 2.05) is 0 Å². The van der Waals surface area contributed by atoms with Crippen molar-refractivity contribution >= 4 is 0 Å². The molecule has 0 aliphatic rings. The van der Waals surface area contributed by atoms with E-state index in [-0.39, 0.29) is 0 Å². The molecule has 0 aromatic heterocycles. The summed E-state index contributed by atoms with van der Waals surface area (Å²) in [6.07, 6.45) is 0. The Balaban J connectivity index is 5.54. The van der Waals surface area contributed by atoms with Crippen LogP contribution in [0.15, 0.2) is 0 Å². The second kappa shape index (κ2) is 3.25. The summed E-state index contributed by atoms with van der Waals surface area (Å²) < 4.78 is 0. The minimum atomic E-state index is 0.312. The molecule has 0 aliphatic heterocycles. The number of hydrogen-bond acceptors (Lipinski definition) is 0. The number of hydrogen-bond donors (Lipinski definition) is 0. The van der Waals surface area contributed by atoms with E-state index in [1.54, 1.807) is 0 Å². The highest BCUT2D eigenvalue weighted by molar-refractivity contribution is 5.02. The van der Waals surface area contributed by atoms with Crippen molar-refractivity contribution < 1.29 is 0 Å². The van der Waals surface area contributed by atoms with E-state index in [9.17, 15) is 0 Å². The highest BCUT2D eigenvalue weighted by Gasteiger charge is 2.53. The number of rotatable bonds is 0. The first-order valence-corrected chi connectivity index (χ1v) is 5.75. The van der Waals surface area contributed by atoms with Crippen molar-refractivity contribution in [1.82, 2.24) is 0 Å². The first kappa shape index (κ1) is 14.0. The van der Waals surface area contributed by atoms with Crippen LogP contribution in [-0.4, -0.2) is 0 Å². The second-order valence-electron chi connectivity index (χ2n) is 7.88. The lowest BCUT2D eigenvalue weighted by atomic mass is 9.46. The Hall–Kier alpha value is 0. The van der Waals surface area contributed by atoms with Crippen LogP contribution in [0.25, 0.3) is 0 Å². The van der Waals surface area contributed by atoms with Crippen LogP contribution in [0.4, 0.5) is 0 Å². The lowest BCUT2D eigenvalue weighted by Gasteiger charge is -2.59. The normalized spacial score (nSPS) is 15.9. The molecule has 0 saturated heterocycles. The van der Waals surface area contributed by atoms with E-state index in [0.717, 1.165) is 0 Å². The maximum atomic E-state index is 2.44. The van der Waals surface area contributed by atoms with E-state index in [2.05, 4.69) is 69.2 Å². The highest BCUT2D eigenvalue weighted by atomic mass is 14.6. The van der Waals surface area contributed by atoms with E-state index in [4.69, 9.17) is 0 Å². The smallest absolute Gasteiger partial charge is 0.0180 e. The minimum absolute atomic E-state index is 0.312. The summed E-state index contributed by atoms with van der Waals surface area (Å²) in [5.41, 5.74) is 1.28. The van der Waals surface area contributed by atoms with Crippen LogP contribution in [0, 0.1) is 21.7 Å². The third-order valence-electron chi connectivity index (χ3n) is 4.50. The molecular weight excluding hydrogens is 168 g/mol. The van der Waals surface area contributed by atoms with E-state index in [1.165, 1.54) is 0 Å². The van der Waals surface area contributed by atoms with Crippen molar-refractivity contribution in [3.63, 3.8) is 0 Å². The zero-order chi connectivity index (χ0) is 12.0. The Morgan fingerprint density at radius 3 is 0.500 bits per heavy atom. The largest absolute Gasteiger partial charge is 0.0596 e. The highest BCUT2D eigenvalue weighted by Crippen LogP contribution is 2.60. The van der Waals surface area contributed by atoms with Gasteiger partial charge in [0.1, 0.15) is 0 Å². The summed E-state index contributed by atoms with van der Waals surface area (Å²) >= 11 is 0. The zero-order valence-electron chi connectivity index (χ0n) is 12.0. The van der Waals surface area contributed by atoms with Gasteiger partial charge in [0.15, 0.2) is 0 Å². The predicted molar refractivity (Wildman–Crippen MR) is 66.5 cm³/mol. The van der Waals surface area contributed by atoms with Crippen LogP contribution in [0.3, 0.4) is 0 Å². The van der Waals surface area contributed by atoms with Gasteiger partial charge in [0.05, 0.1) is 0 Å². The van der Waals surface area contributed by atoms with Crippen LogP contribution in [-0.2, 0) is 0 Å². The van der Waals surface area contributed by atoms with Crippen molar-refractivity contribution in [3.8, 4) is 0 Å². The standard InChI is InChI=1S/C14H30/c1-11(2,3)14(10,12(4,5)6)13(7,8)9/h1-10H3. The molecule has 86 valence electrons. The molecule has 0 N–H and O–H groups in total. The maximum Gasteiger partial charge on any atom is -0.0180 e. The van der Waals surface area contributed by atoms with Crippen LogP contribution >= 0.6 is 0 Å². The summed E-state index contributed by atoms with van der Waals surface area (Å²) in [6, 6.07) is 0. The van der Waals surface area contributed by atoms with Crippen LogP contribution in [0.1, 0.15) is 69.2 Å². The second-order valence-corrected chi connectivity index (χ2v) is 7.88. The van der Waals surface area contributed by atoms with Gasteiger partial charge in [-0.25, -0.2) is 0 Å². The van der Waals surface area contributed by atoms with Crippen molar-refractivity contribution in [2.75, 3.05) is 0 Å². The topological polar surface area (TPSA) is 0 Å². The fraction of sp³-hybridized carbons (Fsp3) is 1.00. The van der Waals surface area contributed by atoms with E-state index in [0.29, 0.717) is 21.7 Å². The predicted octanol–water partition coefficient (Wildman–Crippen LogP) is 5.13. The van der Waals surface area contributed by atoms with Gasteiger partial charge >= 0.3 is 0 Å². The van der Waals surface area contributed by atoms with Gasteiger partial charge in [0, 0.05) is 0 Å². The molecular formula is C14H30. The molecule has 0 radical (unpaired) electrons. The Labute approximate surface area is 91.5 Å². The van der Waals surface area contributed by atoms with Gasteiger partial charge in [-0.3, -0.25) is 0 Å². The Morgan fingerprint density at radius 2 is 0.500 bits per heavy atom.